The molecule has 0 saturated carbocycles. The number of ether oxygens (including phenoxy) is 3. The van der Waals surface area contributed by atoms with Crippen LogP contribution in [-0.4, -0.2) is 56.6 Å². The van der Waals surface area contributed by atoms with Crippen molar-refractivity contribution in [1.82, 2.24) is 0 Å². The van der Waals surface area contributed by atoms with Crippen LogP contribution in [0.5, 0.6) is 0 Å². The van der Waals surface area contributed by atoms with Crippen LogP contribution in [0, 0.1) is 11.8 Å². The minimum Gasteiger partial charge on any atom is -0.465 e. The van der Waals surface area contributed by atoms with Gasteiger partial charge in [0, 0.05) is 24.3 Å². The Labute approximate surface area is 208 Å². The van der Waals surface area contributed by atoms with Crippen LogP contribution in [0.3, 0.4) is 0 Å². The number of esters is 3. The van der Waals surface area contributed by atoms with Gasteiger partial charge < -0.3 is 24.4 Å². The van der Waals surface area contributed by atoms with Gasteiger partial charge in [-0.15, -0.1) is 0 Å². The Morgan fingerprint density at radius 3 is 2.17 bits per heavy atom. The summed E-state index contributed by atoms with van der Waals surface area (Å²) >= 11 is 0. The molecule has 10 nitrogen and oxygen atoms in total. The minimum absolute atomic E-state index is 0.0480. The fraction of sp³-hybridized carbons (Fsp3) is 0.346. The molecule has 190 valence electrons. The number of rotatable bonds is 9. The highest BCUT2D eigenvalue weighted by Crippen LogP contribution is 2.26. The first kappa shape index (κ1) is 26.4. The summed E-state index contributed by atoms with van der Waals surface area (Å²) in [6.07, 6.45) is -0.0480. The standard InChI is InChI=1S/C26H28N2O8/c1-16(2)14-35-25(32)18-4-8-20(9-5-18)27-22(29)15-36-26(33)19-12-23(30)28(13-19)21-10-6-17(7-11-21)24(31)34-3/h4-11,16,19H,12-15H2,1-3H3,(H,27,29)/t19-/m0/s1. The summed E-state index contributed by atoms with van der Waals surface area (Å²) in [5.74, 6) is -2.92. The van der Waals surface area contributed by atoms with Crippen molar-refractivity contribution in [3.8, 4) is 0 Å². The molecule has 0 bridgehead atoms. The first-order valence-corrected chi connectivity index (χ1v) is 11.4. The molecule has 0 aliphatic carbocycles. The van der Waals surface area contributed by atoms with Crippen LogP contribution in [-0.2, 0) is 28.6 Å². The molecule has 2 aromatic rings. The highest BCUT2D eigenvalue weighted by molar-refractivity contribution is 6.00. The van der Waals surface area contributed by atoms with Crippen LogP contribution < -0.4 is 10.2 Å². The zero-order valence-electron chi connectivity index (χ0n) is 20.3. The molecule has 1 aliphatic heterocycles. The van der Waals surface area contributed by atoms with Crippen LogP contribution >= 0.6 is 0 Å². The SMILES string of the molecule is COC(=O)c1ccc(N2C[C@@H](C(=O)OCC(=O)Nc3ccc(C(=O)OCC(C)C)cc3)CC2=O)cc1. The van der Waals surface area contributed by atoms with Gasteiger partial charge in [-0.25, -0.2) is 9.59 Å². The third-order valence-corrected chi connectivity index (χ3v) is 5.36. The lowest BCUT2D eigenvalue weighted by atomic mass is 10.1. The van der Waals surface area contributed by atoms with Crippen molar-refractivity contribution < 1.29 is 38.2 Å². The zero-order valence-corrected chi connectivity index (χ0v) is 20.3. The molecular weight excluding hydrogens is 468 g/mol. The van der Waals surface area contributed by atoms with Crippen LogP contribution in [0.2, 0.25) is 0 Å². The number of carbonyl (C=O) groups is 5. The molecule has 2 amide bonds. The number of nitrogens with one attached hydrogen (secondary N) is 1. The highest BCUT2D eigenvalue weighted by Gasteiger charge is 2.36. The van der Waals surface area contributed by atoms with Crippen molar-refractivity contribution in [3.63, 3.8) is 0 Å². The molecule has 3 rings (SSSR count). The summed E-state index contributed by atoms with van der Waals surface area (Å²) < 4.78 is 14.9. The Morgan fingerprint density at radius 2 is 1.56 bits per heavy atom. The van der Waals surface area contributed by atoms with Gasteiger partial charge in [0.15, 0.2) is 6.61 Å². The Kier molecular flexibility index (Phi) is 8.77. The maximum atomic E-state index is 12.4. The summed E-state index contributed by atoms with van der Waals surface area (Å²) in [7, 11) is 1.28. The van der Waals surface area contributed by atoms with Gasteiger partial charge in [-0.2, -0.15) is 0 Å². The number of amides is 2. The number of hydrogen-bond acceptors (Lipinski definition) is 8. The average Bonchev–Trinajstić information content (AvgIpc) is 3.27. The van der Waals surface area contributed by atoms with E-state index in [4.69, 9.17) is 9.47 Å². The molecule has 1 N–H and O–H groups in total. The third kappa shape index (κ3) is 6.91. The summed E-state index contributed by atoms with van der Waals surface area (Å²) in [6.45, 7) is 3.77. The van der Waals surface area contributed by atoms with Gasteiger partial charge in [0.2, 0.25) is 5.91 Å². The number of carbonyl (C=O) groups excluding carboxylic acids is 5. The maximum Gasteiger partial charge on any atom is 0.338 e. The van der Waals surface area contributed by atoms with Crippen LogP contribution in [0.25, 0.3) is 0 Å². The minimum atomic E-state index is -0.721. The van der Waals surface area contributed by atoms with E-state index < -0.39 is 36.3 Å². The molecule has 1 heterocycles. The first-order valence-electron chi connectivity index (χ1n) is 11.4. The Balaban J connectivity index is 1.47. The lowest BCUT2D eigenvalue weighted by Gasteiger charge is -2.16. The van der Waals surface area contributed by atoms with Crippen LogP contribution in [0.15, 0.2) is 48.5 Å². The third-order valence-electron chi connectivity index (χ3n) is 5.36. The van der Waals surface area contributed by atoms with E-state index >= 15 is 0 Å². The van der Waals surface area contributed by atoms with Gasteiger partial charge in [-0.3, -0.25) is 14.4 Å². The number of nitrogens with zero attached hydrogens (tertiary/aromatic N) is 1. The molecule has 0 aromatic heterocycles. The van der Waals surface area contributed by atoms with E-state index in [1.807, 2.05) is 13.8 Å². The summed E-state index contributed by atoms with van der Waals surface area (Å²) in [4.78, 5) is 62.0. The van der Waals surface area contributed by atoms with E-state index in [-0.39, 0.29) is 24.8 Å². The summed E-state index contributed by atoms with van der Waals surface area (Å²) in [5.41, 5.74) is 1.66. The predicted octanol–water partition coefficient (Wildman–Crippen LogP) is 2.82. The van der Waals surface area contributed by atoms with Crippen molar-refractivity contribution >= 4 is 41.1 Å². The molecule has 0 unspecified atom stereocenters. The van der Waals surface area contributed by atoms with Crippen molar-refractivity contribution in [3.05, 3.63) is 59.7 Å². The average molecular weight is 497 g/mol. The van der Waals surface area contributed by atoms with Crippen molar-refractivity contribution in [2.24, 2.45) is 11.8 Å². The van der Waals surface area contributed by atoms with Gasteiger partial charge in [0.05, 0.1) is 30.8 Å². The van der Waals surface area contributed by atoms with Gasteiger partial charge in [0.25, 0.3) is 5.91 Å². The lowest BCUT2D eigenvalue weighted by Crippen LogP contribution is -2.28. The smallest absolute Gasteiger partial charge is 0.338 e. The Bertz CT molecular complexity index is 1130. The zero-order chi connectivity index (χ0) is 26.2. The van der Waals surface area contributed by atoms with Crippen LogP contribution in [0.1, 0.15) is 41.0 Å². The van der Waals surface area contributed by atoms with Crippen LogP contribution in [0.4, 0.5) is 11.4 Å². The number of anilines is 2. The number of benzene rings is 2. The maximum absolute atomic E-state index is 12.4. The quantitative estimate of drug-likeness (QED) is 0.415. The fourth-order valence-electron chi connectivity index (χ4n) is 3.48. The Hall–Kier alpha value is -4.21. The molecule has 36 heavy (non-hydrogen) atoms. The van der Waals surface area contributed by atoms with E-state index in [1.54, 1.807) is 24.3 Å². The molecule has 2 aromatic carbocycles. The second-order valence-electron chi connectivity index (χ2n) is 8.67. The normalized spacial score (nSPS) is 14.9. The molecule has 10 heteroatoms. The van der Waals surface area contributed by atoms with Gasteiger partial charge in [-0.05, 0) is 54.4 Å². The molecule has 0 radical (unpaired) electrons. The van der Waals surface area contributed by atoms with Crippen molar-refractivity contribution in [2.45, 2.75) is 20.3 Å². The molecule has 0 spiro atoms. The Morgan fingerprint density at radius 1 is 0.944 bits per heavy atom. The molecule has 1 saturated heterocycles. The van der Waals surface area contributed by atoms with Gasteiger partial charge in [-0.1, -0.05) is 13.8 Å². The van der Waals surface area contributed by atoms with E-state index in [0.717, 1.165) is 0 Å². The first-order chi connectivity index (χ1) is 17.2. The van der Waals surface area contributed by atoms with Crippen molar-refractivity contribution in [1.29, 1.82) is 0 Å². The summed E-state index contributed by atoms with van der Waals surface area (Å²) in [6, 6.07) is 12.4. The van der Waals surface area contributed by atoms with E-state index in [0.29, 0.717) is 29.1 Å². The van der Waals surface area contributed by atoms with E-state index in [9.17, 15) is 24.0 Å². The molecular formula is C26H28N2O8. The van der Waals surface area contributed by atoms with E-state index in [1.165, 1.54) is 36.3 Å². The number of methoxy groups -OCH3 is 1. The second kappa shape index (κ2) is 12.0. The lowest BCUT2D eigenvalue weighted by molar-refractivity contribution is -0.151. The largest absolute Gasteiger partial charge is 0.465 e. The molecule has 1 fully saturated rings. The fourth-order valence-corrected chi connectivity index (χ4v) is 3.48. The predicted molar refractivity (Wildman–Crippen MR) is 129 cm³/mol. The van der Waals surface area contributed by atoms with Gasteiger partial charge in [0.1, 0.15) is 0 Å². The second-order valence-corrected chi connectivity index (χ2v) is 8.67. The molecule has 1 aliphatic rings. The number of hydrogen-bond donors (Lipinski definition) is 1. The summed E-state index contributed by atoms with van der Waals surface area (Å²) in [5, 5.41) is 2.58. The monoisotopic (exact) mass is 496 g/mol. The van der Waals surface area contributed by atoms with Gasteiger partial charge >= 0.3 is 17.9 Å². The van der Waals surface area contributed by atoms with Crippen molar-refractivity contribution in [2.75, 3.05) is 37.1 Å². The molecule has 1 atom stereocenters. The topological polar surface area (TPSA) is 128 Å². The highest BCUT2D eigenvalue weighted by atomic mass is 16.5. The van der Waals surface area contributed by atoms with E-state index in [2.05, 4.69) is 10.1 Å².